The van der Waals surface area contributed by atoms with E-state index in [-0.39, 0.29) is 18.6 Å². The van der Waals surface area contributed by atoms with Gasteiger partial charge in [-0.2, -0.15) is 4.21 Å². The number of carbonyl (C=O) groups excluding carboxylic acids is 1. The molecule has 0 bridgehead atoms. The number of hydrogen-bond acceptors (Lipinski definition) is 4. The van der Waals surface area contributed by atoms with Crippen LogP contribution in [0.1, 0.15) is 10.4 Å². The Kier molecular flexibility index (Phi) is 3.66. The molecule has 5 nitrogen and oxygen atoms in total. The summed E-state index contributed by atoms with van der Waals surface area (Å²) >= 11 is -1.66. The second kappa shape index (κ2) is 5.20. The first-order valence-electron chi connectivity index (χ1n) is 4.81. The van der Waals surface area contributed by atoms with Gasteiger partial charge in [0.2, 0.25) is 0 Å². The molecule has 1 saturated heterocycles. The molecule has 16 heavy (non-hydrogen) atoms. The minimum Gasteiger partial charge on any atom is -0.349 e. The van der Waals surface area contributed by atoms with E-state index in [2.05, 4.69) is 5.32 Å². The molecule has 1 N–H and O–H groups in total. The molecular weight excluding hydrogens is 230 g/mol. The van der Waals surface area contributed by atoms with Gasteiger partial charge in [0.05, 0.1) is 6.61 Å². The van der Waals surface area contributed by atoms with Crippen LogP contribution in [0, 0.1) is 0 Å². The van der Waals surface area contributed by atoms with Crippen molar-refractivity contribution in [3.8, 4) is 0 Å². The lowest BCUT2D eigenvalue weighted by Crippen LogP contribution is -2.33. The van der Waals surface area contributed by atoms with Crippen LogP contribution in [-0.4, -0.2) is 29.4 Å². The normalized spacial score (nSPS) is 24.2. The Morgan fingerprint density at radius 1 is 1.44 bits per heavy atom. The lowest BCUT2D eigenvalue weighted by atomic mass is 10.2. The third-order valence-corrected chi connectivity index (χ3v) is 2.85. The van der Waals surface area contributed by atoms with Crippen molar-refractivity contribution in [3.05, 3.63) is 35.9 Å². The lowest BCUT2D eigenvalue weighted by Gasteiger charge is -2.07. The quantitative estimate of drug-likeness (QED) is 0.832. The lowest BCUT2D eigenvalue weighted by molar-refractivity contribution is 0.0934. The van der Waals surface area contributed by atoms with E-state index in [9.17, 15) is 9.00 Å². The van der Waals surface area contributed by atoms with Crippen LogP contribution >= 0.6 is 0 Å². The first-order chi connectivity index (χ1) is 7.75. The largest absolute Gasteiger partial charge is 0.349 e. The zero-order valence-electron chi connectivity index (χ0n) is 8.42. The standard InChI is InChI=1S/C10H11NO4S/c12-10(8-4-2-1-3-5-8)11-6-9-7-14-16(13)15-9/h1-5,9H,6-7H2,(H,11,12)/t9?,16-/m0/s1. The smallest absolute Gasteiger partial charge is 0.305 e. The third kappa shape index (κ3) is 2.88. The van der Waals surface area contributed by atoms with Gasteiger partial charge < -0.3 is 5.32 Å². The summed E-state index contributed by atoms with van der Waals surface area (Å²) < 4.78 is 20.3. The molecule has 0 spiro atoms. The molecule has 1 heterocycles. The van der Waals surface area contributed by atoms with Crippen LogP contribution < -0.4 is 5.32 Å². The third-order valence-electron chi connectivity index (χ3n) is 2.09. The van der Waals surface area contributed by atoms with Gasteiger partial charge in [-0.25, -0.2) is 0 Å². The van der Waals surface area contributed by atoms with Gasteiger partial charge in [-0.15, -0.1) is 0 Å². The van der Waals surface area contributed by atoms with Crippen LogP contribution in [0.5, 0.6) is 0 Å². The Morgan fingerprint density at radius 2 is 2.19 bits per heavy atom. The summed E-state index contributed by atoms with van der Waals surface area (Å²) in [6.07, 6.45) is -0.339. The zero-order chi connectivity index (χ0) is 11.4. The molecule has 0 saturated carbocycles. The molecule has 1 unspecified atom stereocenters. The molecular formula is C10H11NO4S. The average Bonchev–Trinajstić information content (AvgIpc) is 2.73. The van der Waals surface area contributed by atoms with Gasteiger partial charge in [-0.1, -0.05) is 18.2 Å². The molecule has 1 amide bonds. The van der Waals surface area contributed by atoms with E-state index in [1.54, 1.807) is 24.3 Å². The number of benzene rings is 1. The molecule has 2 atom stereocenters. The highest BCUT2D eigenvalue weighted by Gasteiger charge is 2.23. The second-order valence-corrected chi connectivity index (χ2v) is 4.12. The van der Waals surface area contributed by atoms with Crippen LogP contribution in [-0.2, 0) is 19.7 Å². The molecule has 0 aromatic heterocycles. The molecule has 1 aromatic rings. The van der Waals surface area contributed by atoms with Crippen molar-refractivity contribution in [2.45, 2.75) is 6.10 Å². The Hall–Kier alpha value is -1.24. The van der Waals surface area contributed by atoms with Gasteiger partial charge in [0.15, 0.2) is 0 Å². The molecule has 0 aliphatic carbocycles. The first kappa shape index (κ1) is 11.3. The van der Waals surface area contributed by atoms with Crippen molar-refractivity contribution in [3.63, 3.8) is 0 Å². The fraction of sp³-hybridized carbons (Fsp3) is 0.300. The fourth-order valence-corrected chi connectivity index (χ4v) is 1.95. The zero-order valence-corrected chi connectivity index (χ0v) is 9.24. The van der Waals surface area contributed by atoms with Gasteiger partial charge in [0.25, 0.3) is 5.91 Å². The maximum atomic E-state index is 11.6. The van der Waals surface area contributed by atoms with Crippen molar-refractivity contribution >= 4 is 17.3 Å². The molecule has 1 aliphatic rings. The topological polar surface area (TPSA) is 64.6 Å². The maximum Gasteiger partial charge on any atom is 0.305 e. The minimum atomic E-state index is -1.66. The average molecular weight is 241 g/mol. The number of nitrogens with one attached hydrogen (secondary N) is 1. The van der Waals surface area contributed by atoms with Crippen molar-refractivity contribution < 1.29 is 17.4 Å². The summed E-state index contributed by atoms with van der Waals surface area (Å²) in [5.41, 5.74) is 0.586. The van der Waals surface area contributed by atoms with Gasteiger partial charge in [-0.3, -0.25) is 13.2 Å². The van der Waals surface area contributed by atoms with E-state index in [1.165, 1.54) is 0 Å². The van der Waals surface area contributed by atoms with Crippen LogP contribution in [0.2, 0.25) is 0 Å². The van der Waals surface area contributed by atoms with Crippen molar-refractivity contribution in [1.29, 1.82) is 0 Å². The number of carbonyl (C=O) groups is 1. The van der Waals surface area contributed by atoms with Crippen LogP contribution in [0.3, 0.4) is 0 Å². The fourth-order valence-electron chi connectivity index (χ4n) is 1.29. The Morgan fingerprint density at radius 3 is 2.81 bits per heavy atom. The monoisotopic (exact) mass is 241 g/mol. The Bertz CT molecular complexity index is 395. The summed E-state index contributed by atoms with van der Waals surface area (Å²) in [7, 11) is 0. The van der Waals surface area contributed by atoms with E-state index < -0.39 is 11.4 Å². The van der Waals surface area contributed by atoms with E-state index in [4.69, 9.17) is 8.37 Å². The molecule has 2 rings (SSSR count). The number of rotatable bonds is 3. The Balaban J connectivity index is 1.82. The van der Waals surface area contributed by atoms with Crippen LogP contribution in [0.15, 0.2) is 30.3 Å². The first-order valence-corrected chi connectivity index (χ1v) is 5.81. The summed E-state index contributed by atoms with van der Waals surface area (Å²) in [6, 6.07) is 8.87. The molecule has 1 aliphatic heterocycles. The van der Waals surface area contributed by atoms with Crippen molar-refractivity contribution in [2.24, 2.45) is 0 Å². The SMILES string of the molecule is O=C(NCC1CO[S@](=O)O1)c1ccccc1. The molecule has 1 aromatic carbocycles. The number of hydrogen-bond donors (Lipinski definition) is 1. The highest BCUT2D eigenvalue weighted by molar-refractivity contribution is 7.75. The van der Waals surface area contributed by atoms with Gasteiger partial charge in [0, 0.05) is 12.1 Å². The summed E-state index contributed by atoms with van der Waals surface area (Å²) in [5.74, 6) is -0.179. The van der Waals surface area contributed by atoms with E-state index >= 15 is 0 Å². The van der Waals surface area contributed by atoms with Gasteiger partial charge in [0.1, 0.15) is 6.10 Å². The molecule has 6 heteroatoms. The van der Waals surface area contributed by atoms with E-state index in [0.29, 0.717) is 12.1 Å². The predicted molar refractivity (Wildman–Crippen MR) is 57.7 cm³/mol. The Labute approximate surface area is 95.6 Å². The van der Waals surface area contributed by atoms with Crippen LogP contribution in [0.25, 0.3) is 0 Å². The number of amides is 1. The van der Waals surface area contributed by atoms with Gasteiger partial charge >= 0.3 is 11.4 Å². The summed E-state index contributed by atoms with van der Waals surface area (Å²) in [5, 5.41) is 2.68. The minimum absolute atomic E-state index is 0.179. The predicted octanol–water partition coefficient (Wildman–Crippen LogP) is 0.410. The van der Waals surface area contributed by atoms with Crippen LogP contribution in [0.4, 0.5) is 0 Å². The van der Waals surface area contributed by atoms with Crippen molar-refractivity contribution in [2.75, 3.05) is 13.2 Å². The molecule has 0 radical (unpaired) electrons. The van der Waals surface area contributed by atoms with Crippen molar-refractivity contribution in [1.82, 2.24) is 5.32 Å². The van der Waals surface area contributed by atoms with E-state index in [0.717, 1.165) is 0 Å². The van der Waals surface area contributed by atoms with E-state index in [1.807, 2.05) is 6.07 Å². The summed E-state index contributed by atoms with van der Waals surface area (Å²) in [6.45, 7) is 0.529. The van der Waals surface area contributed by atoms with Gasteiger partial charge in [-0.05, 0) is 12.1 Å². The molecule has 1 fully saturated rings. The highest BCUT2D eigenvalue weighted by atomic mass is 32.2. The highest BCUT2D eigenvalue weighted by Crippen LogP contribution is 2.07. The maximum absolute atomic E-state index is 11.6. The summed E-state index contributed by atoms with van der Waals surface area (Å²) in [4.78, 5) is 11.6. The second-order valence-electron chi connectivity index (χ2n) is 3.28. The molecule has 86 valence electrons.